The van der Waals surface area contributed by atoms with Crippen molar-refractivity contribution >= 4 is 30.7 Å². The van der Waals surface area contributed by atoms with Crippen molar-refractivity contribution in [2.45, 2.75) is 19.6 Å². The predicted molar refractivity (Wildman–Crippen MR) is 172 cm³/mol. The van der Waals surface area contributed by atoms with Crippen LogP contribution in [0.5, 0.6) is 17.2 Å². The van der Waals surface area contributed by atoms with Gasteiger partial charge < -0.3 is 38.8 Å². The van der Waals surface area contributed by atoms with Gasteiger partial charge in [0.1, 0.15) is 37.1 Å². The molecule has 3 amide bonds. The van der Waals surface area contributed by atoms with E-state index in [2.05, 4.69) is 14.8 Å². The number of hydrogen-bond donors (Lipinski definition) is 3. The van der Waals surface area contributed by atoms with Crippen LogP contribution in [0, 0.1) is 0 Å². The number of hydroxylamine groups is 1. The fourth-order valence-electron chi connectivity index (χ4n) is 4.95. The summed E-state index contributed by atoms with van der Waals surface area (Å²) in [5.74, 6) is 0.648. The molecule has 0 radical (unpaired) electrons. The molecule has 0 fully saturated rings. The van der Waals surface area contributed by atoms with Gasteiger partial charge in [0.05, 0.1) is 38.4 Å². The van der Waals surface area contributed by atoms with Crippen molar-refractivity contribution < 1.29 is 52.9 Å². The van der Waals surface area contributed by atoms with Gasteiger partial charge in [0, 0.05) is 48.4 Å². The minimum absolute atomic E-state index is 0.311. The van der Waals surface area contributed by atoms with Crippen LogP contribution in [-0.4, -0.2) is 99.3 Å². The number of methoxy groups -OCH3 is 2. The first-order valence-electron chi connectivity index (χ1n) is 15.3. The van der Waals surface area contributed by atoms with E-state index < -0.39 is 11.9 Å². The summed E-state index contributed by atoms with van der Waals surface area (Å²) in [5.41, 5.74) is 5.65. The van der Waals surface area contributed by atoms with E-state index in [0.29, 0.717) is 74.2 Å². The Bertz CT molecular complexity index is 1560. The van der Waals surface area contributed by atoms with Gasteiger partial charge in [-0.15, -0.1) is 0 Å². The highest BCUT2D eigenvalue weighted by Crippen LogP contribution is 2.26. The highest BCUT2D eigenvalue weighted by atomic mass is 16.5. The first-order valence-corrected chi connectivity index (χ1v) is 15.3. The fourth-order valence-corrected chi connectivity index (χ4v) is 4.95. The van der Waals surface area contributed by atoms with E-state index in [-0.39, 0.29) is 5.97 Å². The molecule has 3 aromatic rings. The van der Waals surface area contributed by atoms with E-state index in [1.807, 2.05) is 6.07 Å². The topological polar surface area (TPSA) is 182 Å². The smallest absolute Gasteiger partial charge is 0.337 e. The van der Waals surface area contributed by atoms with Crippen LogP contribution in [0.4, 0.5) is 0 Å². The lowest BCUT2D eigenvalue weighted by molar-refractivity contribution is -0.119. The third-order valence-electron chi connectivity index (χ3n) is 7.58. The van der Waals surface area contributed by atoms with E-state index in [1.165, 1.54) is 14.2 Å². The van der Waals surface area contributed by atoms with E-state index in [4.69, 9.17) is 19.4 Å². The molecule has 49 heavy (non-hydrogen) atoms. The summed E-state index contributed by atoms with van der Waals surface area (Å²) < 4.78 is 25.8. The Kier molecular flexibility index (Phi) is 13.3. The van der Waals surface area contributed by atoms with Crippen LogP contribution in [0.3, 0.4) is 0 Å². The molecule has 15 heteroatoms. The monoisotopic (exact) mass is 678 g/mol. The summed E-state index contributed by atoms with van der Waals surface area (Å²) in [5, 5.41) is 11.8. The predicted octanol–water partition coefficient (Wildman–Crippen LogP) is 1.94. The summed E-state index contributed by atoms with van der Waals surface area (Å²) in [4.78, 5) is 58.6. The van der Waals surface area contributed by atoms with Crippen LogP contribution in [0.15, 0.2) is 54.6 Å². The molecule has 3 heterocycles. The van der Waals surface area contributed by atoms with Gasteiger partial charge in [-0.2, -0.15) is 0 Å². The van der Waals surface area contributed by atoms with Crippen molar-refractivity contribution in [1.82, 2.24) is 20.6 Å². The Morgan fingerprint density at radius 2 is 1.16 bits per heavy atom. The van der Waals surface area contributed by atoms with Crippen molar-refractivity contribution in [2.24, 2.45) is 0 Å². The lowest BCUT2D eigenvalue weighted by Gasteiger charge is -2.12. The number of benzene rings is 3. The summed E-state index contributed by atoms with van der Waals surface area (Å²) in [7, 11) is 2.71. The number of ether oxygens (including phenoxy) is 5. The number of carbonyl (C=O) groups is 5. The summed E-state index contributed by atoms with van der Waals surface area (Å²) in [6.45, 7) is 5.05. The first kappa shape index (κ1) is 36.2. The third-order valence-corrected chi connectivity index (χ3v) is 7.58. The quantitative estimate of drug-likeness (QED) is 0.155. The van der Waals surface area contributed by atoms with Crippen LogP contribution in [0.2, 0.25) is 0 Å². The Hall–Kier alpha value is -5.67. The fraction of sp³-hybridized carbons (Fsp3) is 0.324. The van der Waals surface area contributed by atoms with Crippen molar-refractivity contribution in [3.8, 4) is 17.2 Å². The molecule has 6 rings (SSSR count). The molecule has 3 aromatic carbocycles. The van der Waals surface area contributed by atoms with E-state index in [1.54, 1.807) is 63.8 Å². The first-order chi connectivity index (χ1) is 23.8. The Morgan fingerprint density at radius 1 is 0.714 bits per heavy atom. The number of nitrogens with one attached hydrogen (secondary N) is 2. The van der Waals surface area contributed by atoms with Crippen molar-refractivity contribution in [1.29, 1.82) is 0 Å². The Labute approximate surface area is 282 Å². The van der Waals surface area contributed by atoms with E-state index in [9.17, 15) is 24.0 Å². The molecular formula is C34H38N4O11. The second-order valence-electron chi connectivity index (χ2n) is 10.8. The zero-order valence-corrected chi connectivity index (χ0v) is 27.1. The summed E-state index contributed by atoms with van der Waals surface area (Å²) in [6, 6.07) is 15.3. The summed E-state index contributed by atoms with van der Waals surface area (Å²) >= 11 is 0. The Balaban J connectivity index is 0.000000166. The van der Waals surface area contributed by atoms with Crippen LogP contribution >= 0.6 is 0 Å². The second-order valence-corrected chi connectivity index (χ2v) is 10.8. The van der Waals surface area contributed by atoms with Crippen LogP contribution < -0.4 is 25.0 Å². The second kappa shape index (κ2) is 18.0. The molecular weight excluding hydrogens is 640 g/mol. The standard InChI is InChI=1S/C12H13NO4.C11H12N2O4.C11H13NO3/c1-16-12(15)9-2-3-10-7-13(8-14)4-5-17-11(10)6-9;14-7-13-3-4-17-10-5-8(11(15)12-16)1-2-9(10)6-13;1-14-11(13)8-2-3-9-7-12-4-5-15-10(9)6-8/h2-3,6,8H,4-5,7H2,1H3;1-2,5,7,16H,3-4,6H2,(H,12,15);2-3,6,12H,4-5,7H2,1H3. The number of hydrogen-bond acceptors (Lipinski definition) is 12. The average Bonchev–Trinajstić information content (AvgIpc) is 3.61. The zero-order chi connectivity index (χ0) is 35.2. The molecule has 3 N–H and O–H groups in total. The van der Waals surface area contributed by atoms with Gasteiger partial charge in [0.2, 0.25) is 12.8 Å². The van der Waals surface area contributed by atoms with Crippen LogP contribution in [0.25, 0.3) is 0 Å². The number of amides is 3. The number of carbonyl (C=O) groups excluding carboxylic acids is 5. The zero-order valence-electron chi connectivity index (χ0n) is 27.1. The minimum Gasteiger partial charge on any atom is -0.492 e. The minimum atomic E-state index is -0.590. The lowest BCUT2D eigenvalue weighted by atomic mass is 10.1. The molecule has 0 saturated carbocycles. The normalized spacial score (nSPS) is 14.4. The van der Waals surface area contributed by atoms with E-state index >= 15 is 0 Å². The molecule has 0 bridgehead atoms. The van der Waals surface area contributed by atoms with Gasteiger partial charge in [0.15, 0.2) is 0 Å². The molecule has 0 atom stereocenters. The van der Waals surface area contributed by atoms with Gasteiger partial charge in [-0.3, -0.25) is 19.6 Å². The number of rotatable bonds is 5. The maximum Gasteiger partial charge on any atom is 0.337 e. The maximum atomic E-state index is 11.4. The average molecular weight is 679 g/mol. The van der Waals surface area contributed by atoms with Crippen LogP contribution in [0.1, 0.15) is 47.8 Å². The van der Waals surface area contributed by atoms with Gasteiger partial charge in [-0.05, 0) is 36.4 Å². The highest BCUT2D eigenvalue weighted by molar-refractivity contribution is 5.94. The van der Waals surface area contributed by atoms with Crippen molar-refractivity contribution in [2.75, 3.05) is 53.7 Å². The molecule has 3 aliphatic rings. The SMILES string of the molecule is COC(=O)c1ccc2c(c1)OCCN(C=O)C2.COC(=O)c1ccc2c(c1)OCCNC2.O=CN1CCOc2cc(C(=O)NO)ccc2C1. The molecule has 0 spiro atoms. The van der Waals surface area contributed by atoms with E-state index in [0.717, 1.165) is 48.3 Å². The number of fused-ring (bicyclic) bond motifs is 3. The van der Waals surface area contributed by atoms with Crippen molar-refractivity contribution in [3.05, 3.63) is 88.0 Å². The molecule has 260 valence electrons. The molecule has 15 nitrogen and oxygen atoms in total. The van der Waals surface area contributed by atoms with Gasteiger partial charge in [0.25, 0.3) is 5.91 Å². The molecule has 0 aliphatic carbocycles. The number of esters is 2. The molecule has 0 aromatic heterocycles. The number of nitrogens with zero attached hydrogens (tertiary/aromatic N) is 2. The molecule has 0 saturated heterocycles. The lowest BCUT2D eigenvalue weighted by Crippen LogP contribution is -2.23. The highest BCUT2D eigenvalue weighted by Gasteiger charge is 2.18. The van der Waals surface area contributed by atoms with Gasteiger partial charge in [-0.1, -0.05) is 18.2 Å². The summed E-state index contributed by atoms with van der Waals surface area (Å²) in [6.07, 6.45) is 1.57. The third kappa shape index (κ3) is 9.92. The van der Waals surface area contributed by atoms with Crippen molar-refractivity contribution in [3.63, 3.8) is 0 Å². The maximum absolute atomic E-state index is 11.4. The van der Waals surface area contributed by atoms with Gasteiger partial charge >= 0.3 is 11.9 Å². The molecule has 3 aliphatic heterocycles. The molecule has 0 unspecified atom stereocenters. The van der Waals surface area contributed by atoms with Gasteiger partial charge in [-0.25, -0.2) is 15.1 Å². The Morgan fingerprint density at radius 3 is 1.65 bits per heavy atom. The van der Waals surface area contributed by atoms with Crippen LogP contribution in [-0.2, 0) is 38.7 Å². The largest absolute Gasteiger partial charge is 0.492 e.